The fraction of sp³-hybridized carbons (Fsp3) is 0.278. The summed E-state index contributed by atoms with van der Waals surface area (Å²) in [5.74, 6) is 0.825. The van der Waals surface area contributed by atoms with Crippen molar-refractivity contribution in [3.8, 4) is 5.69 Å². The van der Waals surface area contributed by atoms with Gasteiger partial charge in [-0.1, -0.05) is 0 Å². The molecule has 0 aliphatic carbocycles. The van der Waals surface area contributed by atoms with Crippen molar-refractivity contribution in [1.29, 1.82) is 0 Å². The summed E-state index contributed by atoms with van der Waals surface area (Å²) in [6.45, 7) is 2.77. The van der Waals surface area contributed by atoms with E-state index in [0.717, 1.165) is 36.0 Å². The molecular formula is C18H20N6O. The van der Waals surface area contributed by atoms with E-state index in [2.05, 4.69) is 25.3 Å². The van der Waals surface area contributed by atoms with Gasteiger partial charge >= 0.3 is 0 Å². The topological polar surface area (TPSA) is 78.8 Å². The van der Waals surface area contributed by atoms with Crippen LogP contribution in [0.2, 0.25) is 0 Å². The van der Waals surface area contributed by atoms with E-state index in [1.54, 1.807) is 10.9 Å². The van der Waals surface area contributed by atoms with Gasteiger partial charge in [0.25, 0.3) is 5.56 Å². The fourth-order valence-corrected chi connectivity index (χ4v) is 2.95. The zero-order valence-corrected chi connectivity index (χ0v) is 13.9. The molecule has 0 amide bonds. The van der Waals surface area contributed by atoms with Crippen molar-refractivity contribution in [3.05, 3.63) is 64.8 Å². The molecule has 1 saturated heterocycles. The van der Waals surface area contributed by atoms with Crippen LogP contribution < -0.4 is 15.8 Å². The quantitative estimate of drug-likeness (QED) is 0.746. The molecule has 1 aliphatic heterocycles. The molecule has 2 aromatic heterocycles. The highest BCUT2D eigenvalue weighted by Crippen LogP contribution is 2.16. The molecule has 0 saturated carbocycles. The van der Waals surface area contributed by atoms with Gasteiger partial charge in [0, 0.05) is 55.5 Å². The molecule has 25 heavy (non-hydrogen) atoms. The van der Waals surface area contributed by atoms with Crippen molar-refractivity contribution in [2.75, 3.05) is 23.3 Å². The highest BCUT2D eigenvalue weighted by atomic mass is 16.1. The van der Waals surface area contributed by atoms with Crippen LogP contribution in [0.1, 0.15) is 18.4 Å². The normalized spacial score (nSPS) is 14.0. The van der Waals surface area contributed by atoms with E-state index >= 15 is 0 Å². The number of benzene rings is 1. The molecule has 128 valence electrons. The molecule has 7 heteroatoms. The van der Waals surface area contributed by atoms with Crippen molar-refractivity contribution in [3.63, 3.8) is 0 Å². The van der Waals surface area contributed by atoms with E-state index in [-0.39, 0.29) is 5.56 Å². The first-order valence-electron chi connectivity index (χ1n) is 8.46. The standard InChI is InChI=1S/C18H20N6O/c25-17-7-10-24(22-17)16-5-3-15(4-6-16)19-11-14-12-20-18(21-13-14)23-8-1-2-9-23/h3-7,10,12-13,19H,1-2,8-9,11H2,(H,22,25). The van der Waals surface area contributed by atoms with Crippen LogP contribution in [0.25, 0.3) is 5.69 Å². The Morgan fingerprint density at radius 3 is 2.40 bits per heavy atom. The van der Waals surface area contributed by atoms with E-state index in [4.69, 9.17) is 0 Å². The lowest BCUT2D eigenvalue weighted by atomic mass is 10.2. The summed E-state index contributed by atoms with van der Waals surface area (Å²) in [6.07, 6.45) is 7.92. The third-order valence-corrected chi connectivity index (χ3v) is 4.33. The number of H-pyrrole nitrogens is 1. The molecule has 0 unspecified atom stereocenters. The molecule has 0 atom stereocenters. The Morgan fingerprint density at radius 1 is 1.04 bits per heavy atom. The summed E-state index contributed by atoms with van der Waals surface area (Å²) in [5.41, 5.74) is 2.84. The molecule has 3 heterocycles. The van der Waals surface area contributed by atoms with Crippen LogP contribution in [0.4, 0.5) is 11.6 Å². The number of anilines is 2. The van der Waals surface area contributed by atoms with Gasteiger partial charge in [-0.25, -0.2) is 9.97 Å². The summed E-state index contributed by atoms with van der Waals surface area (Å²) >= 11 is 0. The number of nitrogens with one attached hydrogen (secondary N) is 2. The second-order valence-corrected chi connectivity index (χ2v) is 6.15. The van der Waals surface area contributed by atoms with Gasteiger partial charge < -0.3 is 10.2 Å². The third-order valence-electron chi connectivity index (χ3n) is 4.33. The Hall–Kier alpha value is -3.09. The first kappa shape index (κ1) is 15.4. The fourth-order valence-electron chi connectivity index (χ4n) is 2.95. The van der Waals surface area contributed by atoms with Crippen molar-refractivity contribution < 1.29 is 0 Å². The van der Waals surface area contributed by atoms with E-state index in [1.807, 2.05) is 36.7 Å². The van der Waals surface area contributed by atoms with Crippen LogP contribution in [0.15, 0.2) is 53.7 Å². The summed E-state index contributed by atoms with van der Waals surface area (Å²) in [5, 5.41) is 6.08. The molecular weight excluding hydrogens is 316 g/mol. The molecule has 3 aromatic rings. The van der Waals surface area contributed by atoms with E-state index in [1.165, 1.54) is 18.9 Å². The smallest absolute Gasteiger partial charge is 0.264 e. The molecule has 1 fully saturated rings. The van der Waals surface area contributed by atoms with Crippen LogP contribution in [0, 0.1) is 0 Å². The number of aromatic amines is 1. The van der Waals surface area contributed by atoms with E-state index in [0.29, 0.717) is 6.54 Å². The minimum atomic E-state index is -0.112. The molecule has 1 aromatic carbocycles. The lowest BCUT2D eigenvalue weighted by molar-refractivity contribution is 0.864. The van der Waals surface area contributed by atoms with Gasteiger partial charge in [0.2, 0.25) is 5.95 Å². The van der Waals surface area contributed by atoms with Crippen molar-refractivity contribution in [1.82, 2.24) is 19.7 Å². The second kappa shape index (κ2) is 6.80. The van der Waals surface area contributed by atoms with Gasteiger partial charge in [-0.3, -0.25) is 14.6 Å². The maximum absolute atomic E-state index is 11.2. The Bertz CT molecular complexity index is 875. The maximum atomic E-state index is 11.2. The Morgan fingerprint density at radius 2 is 1.76 bits per heavy atom. The lowest BCUT2D eigenvalue weighted by Gasteiger charge is -2.15. The van der Waals surface area contributed by atoms with Crippen molar-refractivity contribution in [2.45, 2.75) is 19.4 Å². The number of rotatable bonds is 5. The predicted molar refractivity (Wildman–Crippen MR) is 97.2 cm³/mol. The maximum Gasteiger partial charge on any atom is 0.264 e. The van der Waals surface area contributed by atoms with Gasteiger partial charge in [-0.15, -0.1) is 0 Å². The minimum absolute atomic E-state index is 0.112. The second-order valence-electron chi connectivity index (χ2n) is 6.15. The highest BCUT2D eigenvalue weighted by molar-refractivity contribution is 5.48. The van der Waals surface area contributed by atoms with E-state index < -0.39 is 0 Å². The highest BCUT2D eigenvalue weighted by Gasteiger charge is 2.14. The van der Waals surface area contributed by atoms with Crippen LogP contribution in [-0.4, -0.2) is 32.8 Å². The first-order valence-corrected chi connectivity index (χ1v) is 8.46. The minimum Gasteiger partial charge on any atom is -0.381 e. The largest absolute Gasteiger partial charge is 0.381 e. The molecule has 4 rings (SSSR count). The number of hydrogen-bond acceptors (Lipinski definition) is 5. The van der Waals surface area contributed by atoms with Crippen molar-refractivity contribution in [2.24, 2.45) is 0 Å². The number of nitrogens with zero attached hydrogens (tertiary/aromatic N) is 4. The van der Waals surface area contributed by atoms with Gasteiger partial charge in [0.1, 0.15) is 0 Å². The lowest BCUT2D eigenvalue weighted by Crippen LogP contribution is -2.20. The number of hydrogen-bond donors (Lipinski definition) is 2. The zero-order chi connectivity index (χ0) is 17.1. The Kier molecular flexibility index (Phi) is 4.20. The first-order chi connectivity index (χ1) is 12.3. The molecule has 0 spiro atoms. The van der Waals surface area contributed by atoms with Crippen LogP contribution in [0.3, 0.4) is 0 Å². The van der Waals surface area contributed by atoms with Gasteiger partial charge in [0.05, 0.1) is 5.69 Å². The molecule has 0 radical (unpaired) electrons. The van der Waals surface area contributed by atoms with Gasteiger partial charge in [0.15, 0.2) is 0 Å². The SMILES string of the molecule is O=c1ccn(-c2ccc(NCc3cnc(N4CCCC4)nc3)cc2)[nH]1. The zero-order valence-electron chi connectivity index (χ0n) is 13.9. The Labute approximate surface area is 145 Å². The van der Waals surface area contributed by atoms with Crippen LogP contribution >= 0.6 is 0 Å². The average molecular weight is 336 g/mol. The molecule has 0 bridgehead atoms. The summed E-state index contributed by atoms with van der Waals surface area (Å²) < 4.78 is 1.69. The molecule has 2 N–H and O–H groups in total. The monoisotopic (exact) mass is 336 g/mol. The van der Waals surface area contributed by atoms with Crippen LogP contribution in [0.5, 0.6) is 0 Å². The summed E-state index contributed by atoms with van der Waals surface area (Å²) in [7, 11) is 0. The summed E-state index contributed by atoms with van der Waals surface area (Å²) in [6, 6.07) is 9.36. The van der Waals surface area contributed by atoms with Crippen molar-refractivity contribution >= 4 is 11.6 Å². The predicted octanol–water partition coefficient (Wildman–Crippen LogP) is 2.17. The van der Waals surface area contributed by atoms with Gasteiger partial charge in [-0.05, 0) is 37.1 Å². The molecule has 7 nitrogen and oxygen atoms in total. The number of aromatic nitrogens is 4. The summed E-state index contributed by atoms with van der Waals surface area (Å²) in [4.78, 5) is 22.4. The van der Waals surface area contributed by atoms with Crippen LogP contribution in [-0.2, 0) is 6.54 Å². The third kappa shape index (κ3) is 3.55. The molecule has 1 aliphatic rings. The van der Waals surface area contributed by atoms with E-state index in [9.17, 15) is 4.79 Å². The Balaban J connectivity index is 1.37. The van der Waals surface area contributed by atoms with Gasteiger partial charge in [-0.2, -0.15) is 0 Å². The average Bonchev–Trinajstić information content (AvgIpc) is 3.33.